The predicted molar refractivity (Wildman–Crippen MR) is 109 cm³/mol. The molecular weight excluding hydrogens is 400 g/mol. The van der Waals surface area contributed by atoms with E-state index in [2.05, 4.69) is 14.8 Å². The van der Waals surface area contributed by atoms with E-state index >= 15 is 0 Å². The molecule has 0 atom stereocenters. The fraction of sp³-hybridized carbons (Fsp3) is 0.222. The zero-order chi connectivity index (χ0) is 19.0. The molecule has 0 aliphatic heterocycles. The van der Waals surface area contributed by atoms with E-state index in [-0.39, 0.29) is 0 Å². The number of fused-ring (bicyclic) bond motifs is 1. The largest absolute Gasteiger partial charge is 0.240 e. The molecule has 0 aliphatic carbocycles. The highest BCUT2D eigenvalue weighted by Gasteiger charge is 2.17. The number of thiophene rings is 1. The smallest absolute Gasteiger partial charge is 0.211 e. The number of benzene rings is 1. The first kappa shape index (κ1) is 18.3. The van der Waals surface area contributed by atoms with Gasteiger partial charge in [0.05, 0.1) is 15.5 Å². The van der Waals surface area contributed by atoms with E-state index in [9.17, 15) is 8.42 Å². The highest BCUT2D eigenvalue weighted by molar-refractivity contribution is 7.89. The molecule has 1 aromatic carbocycles. The van der Waals surface area contributed by atoms with Gasteiger partial charge in [0.2, 0.25) is 15.0 Å². The van der Waals surface area contributed by atoms with Crippen molar-refractivity contribution in [2.45, 2.75) is 25.2 Å². The van der Waals surface area contributed by atoms with Crippen LogP contribution in [0.2, 0.25) is 0 Å². The fourth-order valence-corrected chi connectivity index (χ4v) is 5.66. The maximum atomic E-state index is 12.6. The number of aromatic nitrogens is 3. The van der Waals surface area contributed by atoms with E-state index in [1.807, 2.05) is 41.9 Å². The molecule has 0 saturated heterocycles. The first-order valence-corrected chi connectivity index (χ1v) is 11.6. The fourth-order valence-electron chi connectivity index (χ4n) is 2.79. The lowest BCUT2D eigenvalue weighted by Gasteiger charge is -2.10. The average Bonchev–Trinajstić information content (AvgIpc) is 3.34. The zero-order valence-electron chi connectivity index (χ0n) is 14.8. The summed E-state index contributed by atoms with van der Waals surface area (Å²) in [4.78, 5) is 6.71. The van der Waals surface area contributed by atoms with Gasteiger partial charge in [-0.05, 0) is 42.5 Å². The number of sulfonamides is 1. The molecule has 3 aromatic heterocycles. The molecule has 4 rings (SSSR count). The molecule has 0 bridgehead atoms. The molecule has 0 radical (unpaired) electrons. The highest BCUT2D eigenvalue weighted by atomic mass is 32.2. The zero-order valence-corrected chi connectivity index (χ0v) is 17.3. The van der Waals surface area contributed by atoms with Gasteiger partial charge in [-0.2, -0.15) is 4.98 Å². The molecule has 9 heteroatoms. The number of rotatable bonds is 6. The second-order valence-electron chi connectivity index (χ2n) is 6.25. The Kier molecular flexibility index (Phi) is 4.85. The van der Waals surface area contributed by atoms with Crippen LogP contribution in [0.4, 0.5) is 0 Å². The van der Waals surface area contributed by atoms with Crippen molar-refractivity contribution in [1.82, 2.24) is 19.3 Å². The van der Waals surface area contributed by atoms with Crippen molar-refractivity contribution in [1.29, 1.82) is 0 Å². The average molecular weight is 419 g/mol. The molecule has 0 saturated carbocycles. The Morgan fingerprint density at radius 1 is 1.19 bits per heavy atom. The van der Waals surface area contributed by atoms with Gasteiger partial charge in [-0.1, -0.05) is 18.2 Å². The SMILES string of the molecule is Cc1ccc(C)c(S(=O)(=O)NCCc2csc3nc(-c4cccs4)nn23)c1. The molecule has 0 fully saturated rings. The Balaban J connectivity index is 1.50. The van der Waals surface area contributed by atoms with Crippen LogP contribution in [-0.2, 0) is 16.4 Å². The maximum absolute atomic E-state index is 12.6. The number of thiazole rings is 1. The molecule has 4 aromatic rings. The van der Waals surface area contributed by atoms with Gasteiger partial charge in [0.15, 0.2) is 5.82 Å². The molecule has 0 unspecified atom stereocenters. The second kappa shape index (κ2) is 7.16. The van der Waals surface area contributed by atoms with Crippen LogP contribution in [-0.4, -0.2) is 29.6 Å². The molecule has 140 valence electrons. The Bertz CT molecular complexity index is 1190. The summed E-state index contributed by atoms with van der Waals surface area (Å²) in [6.45, 7) is 3.99. The summed E-state index contributed by atoms with van der Waals surface area (Å²) in [7, 11) is -3.54. The highest BCUT2D eigenvalue weighted by Crippen LogP contribution is 2.24. The van der Waals surface area contributed by atoms with Gasteiger partial charge in [0, 0.05) is 18.3 Å². The lowest BCUT2D eigenvalue weighted by atomic mass is 10.2. The molecule has 6 nitrogen and oxygen atoms in total. The lowest BCUT2D eigenvalue weighted by Crippen LogP contribution is -2.27. The van der Waals surface area contributed by atoms with Crippen molar-refractivity contribution in [3.05, 3.63) is 57.9 Å². The predicted octanol–water partition coefficient (Wildman–Crippen LogP) is 3.66. The van der Waals surface area contributed by atoms with Crippen LogP contribution in [0.25, 0.3) is 15.7 Å². The van der Waals surface area contributed by atoms with Crippen molar-refractivity contribution >= 4 is 37.7 Å². The van der Waals surface area contributed by atoms with Gasteiger partial charge in [0.1, 0.15) is 0 Å². The van der Waals surface area contributed by atoms with Crippen molar-refractivity contribution < 1.29 is 8.42 Å². The summed E-state index contributed by atoms with van der Waals surface area (Å²) in [6, 6.07) is 9.39. The Morgan fingerprint density at radius 2 is 2.04 bits per heavy atom. The van der Waals surface area contributed by atoms with Gasteiger partial charge >= 0.3 is 0 Å². The van der Waals surface area contributed by atoms with Gasteiger partial charge in [-0.25, -0.2) is 17.7 Å². The van der Waals surface area contributed by atoms with Crippen LogP contribution < -0.4 is 4.72 Å². The van der Waals surface area contributed by atoms with Crippen LogP contribution in [0.5, 0.6) is 0 Å². The van der Waals surface area contributed by atoms with Crippen molar-refractivity contribution in [3.63, 3.8) is 0 Å². The minimum atomic E-state index is -3.54. The van der Waals surface area contributed by atoms with E-state index in [0.29, 0.717) is 23.7 Å². The maximum Gasteiger partial charge on any atom is 0.240 e. The van der Waals surface area contributed by atoms with E-state index in [4.69, 9.17) is 0 Å². The van der Waals surface area contributed by atoms with E-state index in [1.54, 1.807) is 28.8 Å². The number of nitrogens with zero attached hydrogens (tertiary/aromatic N) is 3. The summed E-state index contributed by atoms with van der Waals surface area (Å²) < 4.78 is 29.7. The van der Waals surface area contributed by atoms with Crippen molar-refractivity contribution in [3.8, 4) is 10.7 Å². The van der Waals surface area contributed by atoms with Crippen LogP contribution in [0.15, 0.2) is 46.0 Å². The summed E-state index contributed by atoms with van der Waals surface area (Å²) in [6.07, 6.45) is 0.539. The molecular formula is C18H18N4O2S3. The normalized spacial score (nSPS) is 12.1. The Hall–Kier alpha value is -2.07. The molecule has 0 spiro atoms. The number of hydrogen-bond acceptors (Lipinski definition) is 6. The molecule has 0 amide bonds. The Labute approximate surface area is 165 Å². The quantitative estimate of drug-likeness (QED) is 0.518. The van der Waals surface area contributed by atoms with Crippen molar-refractivity contribution in [2.24, 2.45) is 0 Å². The monoisotopic (exact) mass is 418 g/mol. The first-order chi connectivity index (χ1) is 12.9. The summed E-state index contributed by atoms with van der Waals surface area (Å²) in [5.74, 6) is 0.703. The minimum absolute atomic E-state index is 0.301. The van der Waals surface area contributed by atoms with E-state index in [0.717, 1.165) is 26.7 Å². The molecule has 27 heavy (non-hydrogen) atoms. The molecule has 1 N–H and O–H groups in total. The number of nitrogens with one attached hydrogen (secondary N) is 1. The van der Waals surface area contributed by atoms with Crippen LogP contribution in [0.1, 0.15) is 16.8 Å². The topological polar surface area (TPSA) is 76.4 Å². The van der Waals surface area contributed by atoms with Crippen LogP contribution in [0.3, 0.4) is 0 Å². The molecule has 3 heterocycles. The first-order valence-electron chi connectivity index (χ1n) is 8.38. The standard InChI is InChI=1S/C18H18N4O2S3/c1-12-5-6-13(2)16(10-12)27(23,24)19-8-7-14-11-26-18-20-17(21-22(14)18)15-4-3-9-25-15/h3-6,9-11,19H,7-8H2,1-2H3. The van der Waals surface area contributed by atoms with Gasteiger partial charge in [-0.3, -0.25) is 0 Å². The van der Waals surface area contributed by atoms with Gasteiger partial charge in [-0.15, -0.1) is 27.8 Å². The van der Waals surface area contributed by atoms with Crippen LogP contribution >= 0.6 is 22.7 Å². The Morgan fingerprint density at radius 3 is 2.81 bits per heavy atom. The summed E-state index contributed by atoms with van der Waals surface area (Å²) >= 11 is 3.10. The van der Waals surface area contributed by atoms with E-state index < -0.39 is 10.0 Å². The number of hydrogen-bond donors (Lipinski definition) is 1. The minimum Gasteiger partial charge on any atom is -0.211 e. The third kappa shape index (κ3) is 3.68. The summed E-state index contributed by atoms with van der Waals surface area (Å²) in [5.41, 5.74) is 2.60. The van der Waals surface area contributed by atoms with Crippen LogP contribution in [0, 0.1) is 13.8 Å². The van der Waals surface area contributed by atoms with E-state index in [1.165, 1.54) is 11.3 Å². The third-order valence-electron chi connectivity index (χ3n) is 4.20. The molecule has 0 aliphatic rings. The van der Waals surface area contributed by atoms with Gasteiger partial charge < -0.3 is 0 Å². The third-order valence-corrected chi connectivity index (χ3v) is 7.53. The lowest BCUT2D eigenvalue weighted by molar-refractivity contribution is 0.580. The summed E-state index contributed by atoms with van der Waals surface area (Å²) in [5, 5.41) is 8.53. The number of aryl methyl sites for hydroxylation is 2. The second-order valence-corrected chi connectivity index (χ2v) is 9.77. The van der Waals surface area contributed by atoms with Gasteiger partial charge in [0.25, 0.3) is 0 Å². The van der Waals surface area contributed by atoms with Crippen molar-refractivity contribution in [2.75, 3.05) is 6.54 Å².